The van der Waals surface area contributed by atoms with E-state index in [0.717, 1.165) is 34.9 Å². The molecular weight excluding hydrogens is 666 g/mol. The van der Waals surface area contributed by atoms with Gasteiger partial charge in [-0.25, -0.2) is 0 Å². The molecule has 1 saturated heterocycles. The summed E-state index contributed by atoms with van der Waals surface area (Å²) >= 11 is 5.08. The van der Waals surface area contributed by atoms with Crippen LogP contribution >= 0.6 is 56.9 Å². The average Bonchev–Trinajstić information content (AvgIpc) is 3.01. The molecule has 9 heteroatoms. The molecule has 0 saturated carbocycles. The fraction of sp³-hybridized carbons (Fsp3) is 0.208. The van der Waals surface area contributed by atoms with E-state index in [1.165, 1.54) is 0 Å². The molecule has 2 aromatic rings. The van der Waals surface area contributed by atoms with Gasteiger partial charge < -0.3 is 10.1 Å². The summed E-state index contributed by atoms with van der Waals surface area (Å²) in [7, 11) is 0. The van der Waals surface area contributed by atoms with E-state index in [0.29, 0.717) is 17.4 Å². The molecule has 6 nitrogen and oxygen atoms in total. The first kappa shape index (κ1) is 25.6. The summed E-state index contributed by atoms with van der Waals surface area (Å²) in [5.74, 6) is 2.57. The Morgan fingerprint density at radius 1 is 1.21 bits per heavy atom. The molecule has 0 radical (unpaired) electrons. The van der Waals surface area contributed by atoms with Crippen molar-refractivity contribution in [1.82, 2.24) is 4.90 Å². The number of hydrogen-bond donors (Lipinski definition) is 1. The zero-order valence-corrected chi connectivity index (χ0v) is 23.0. The van der Waals surface area contributed by atoms with E-state index in [9.17, 15) is 14.4 Å². The Morgan fingerprint density at radius 3 is 2.42 bits per heavy atom. The van der Waals surface area contributed by atoms with Crippen LogP contribution in [-0.4, -0.2) is 35.1 Å². The number of hydrogen-bond acceptors (Lipinski definition) is 5. The third-order valence-corrected chi connectivity index (χ3v) is 7.16. The molecule has 0 unspecified atom stereocenters. The number of carbonyl (C=O) groups is 3. The second-order valence-corrected chi connectivity index (χ2v) is 10.7. The van der Waals surface area contributed by atoms with Gasteiger partial charge in [-0.1, -0.05) is 31.9 Å². The van der Waals surface area contributed by atoms with Crippen molar-refractivity contribution in [2.24, 2.45) is 0 Å². The van der Waals surface area contributed by atoms with E-state index in [4.69, 9.17) is 11.2 Å². The number of anilines is 1. The monoisotopic (exact) mass is 686 g/mol. The van der Waals surface area contributed by atoms with E-state index < -0.39 is 17.1 Å². The van der Waals surface area contributed by atoms with Crippen molar-refractivity contribution in [1.29, 1.82) is 0 Å². The third kappa shape index (κ3) is 6.51. The van der Waals surface area contributed by atoms with Gasteiger partial charge in [0.25, 0.3) is 11.1 Å². The van der Waals surface area contributed by atoms with Crippen LogP contribution in [0.5, 0.6) is 5.75 Å². The maximum Gasteiger partial charge on any atom is 0.294 e. The summed E-state index contributed by atoms with van der Waals surface area (Å²) in [4.78, 5) is 38.9. The number of rotatable bonds is 7. The van der Waals surface area contributed by atoms with Gasteiger partial charge in [0.15, 0.2) is 0 Å². The van der Waals surface area contributed by atoms with Crippen LogP contribution < -0.4 is 10.1 Å². The van der Waals surface area contributed by atoms with Gasteiger partial charge >= 0.3 is 0 Å². The molecule has 0 atom stereocenters. The summed E-state index contributed by atoms with van der Waals surface area (Å²) in [6.45, 7) is 3.99. The number of carbonyl (C=O) groups excluding carboxylic acids is 3. The highest BCUT2D eigenvalue weighted by Gasteiger charge is 2.36. The molecule has 1 fully saturated rings. The summed E-state index contributed by atoms with van der Waals surface area (Å²) < 4.78 is 7.23. The molecule has 1 aliphatic heterocycles. The molecule has 33 heavy (non-hydrogen) atoms. The van der Waals surface area contributed by atoms with Crippen molar-refractivity contribution in [3.8, 4) is 18.1 Å². The number of imide groups is 1. The lowest BCUT2D eigenvalue weighted by molar-refractivity contribution is -0.127. The molecule has 3 amide bonds. The normalized spacial score (nSPS) is 14.7. The molecule has 0 aliphatic carbocycles. The minimum absolute atomic E-state index is 0.161. The number of benzene rings is 2. The first-order chi connectivity index (χ1) is 15.7. The Bertz CT molecular complexity index is 1150. The Kier molecular flexibility index (Phi) is 8.83. The SMILES string of the molecule is C#CCOc1c(I)cc(/C=C2\SC(=O)N(CC(=O)Nc3ccc(C(C)C)cc3)C2=O)cc1I. The van der Waals surface area contributed by atoms with Crippen molar-refractivity contribution in [2.45, 2.75) is 19.8 Å². The Morgan fingerprint density at radius 2 is 1.85 bits per heavy atom. The number of nitrogens with one attached hydrogen (secondary N) is 1. The summed E-state index contributed by atoms with van der Waals surface area (Å²) in [6.07, 6.45) is 6.90. The fourth-order valence-electron chi connectivity index (χ4n) is 3.00. The van der Waals surface area contributed by atoms with Crippen LogP contribution in [0.1, 0.15) is 30.9 Å². The second kappa shape index (κ2) is 11.4. The van der Waals surface area contributed by atoms with Crippen LogP contribution in [-0.2, 0) is 9.59 Å². The van der Waals surface area contributed by atoms with Gasteiger partial charge in [0, 0.05) is 5.69 Å². The molecule has 2 aromatic carbocycles. The van der Waals surface area contributed by atoms with Crippen LogP contribution in [0.2, 0.25) is 0 Å². The Labute approximate surface area is 224 Å². The standard InChI is InChI=1S/C24H20I2N2O4S/c1-4-9-32-22-18(25)10-15(11-19(22)26)12-20-23(30)28(24(31)33-20)13-21(29)27-17-7-5-16(6-8-17)14(2)3/h1,5-8,10-12,14H,9,13H2,2-3H3,(H,27,29)/b20-12-. The average molecular weight is 686 g/mol. The summed E-state index contributed by atoms with van der Waals surface area (Å²) in [5.41, 5.74) is 2.52. The molecule has 1 N–H and O–H groups in total. The van der Waals surface area contributed by atoms with Gasteiger partial charge in [-0.15, -0.1) is 6.42 Å². The lowest BCUT2D eigenvalue weighted by Crippen LogP contribution is -2.36. The Balaban J connectivity index is 1.69. The highest BCUT2D eigenvalue weighted by Crippen LogP contribution is 2.34. The highest BCUT2D eigenvalue weighted by atomic mass is 127. The van der Waals surface area contributed by atoms with E-state index in [1.54, 1.807) is 18.2 Å². The first-order valence-corrected chi connectivity index (χ1v) is 12.9. The maximum absolute atomic E-state index is 12.8. The van der Waals surface area contributed by atoms with Crippen LogP contribution in [0.15, 0.2) is 41.3 Å². The third-order valence-electron chi connectivity index (χ3n) is 4.65. The van der Waals surface area contributed by atoms with Crippen LogP contribution in [0.25, 0.3) is 6.08 Å². The number of terminal acetylenes is 1. The van der Waals surface area contributed by atoms with Gasteiger partial charge in [0.1, 0.15) is 18.9 Å². The molecular formula is C24H20I2N2O4S. The van der Waals surface area contributed by atoms with Gasteiger partial charge in [-0.05, 0) is 104 Å². The first-order valence-electron chi connectivity index (χ1n) is 9.90. The molecule has 170 valence electrons. The highest BCUT2D eigenvalue weighted by molar-refractivity contribution is 14.1. The summed E-state index contributed by atoms with van der Waals surface area (Å²) in [6, 6.07) is 11.2. The van der Waals surface area contributed by atoms with Crippen molar-refractivity contribution in [2.75, 3.05) is 18.5 Å². The quantitative estimate of drug-likeness (QED) is 0.230. The molecule has 3 rings (SSSR count). The molecule has 0 spiro atoms. The van der Waals surface area contributed by atoms with Gasteiger partial charge in [-0.3, -0.25) is 19.3 Å². The minimum Gasteiger partial charge on any atom is -0.479 e. The molecule has 0 aromatic heterocycles. The minimum atomic E-state index is -0.493. The Hall–Kier alpha value is -2.04. The predicted octanol–water partition coefficient (Wildman–Crippen LogP) is 5.71. The smallest absolute Gasteiger partial charge is 0.294 e. The zero-order valence-electron chi connectivity index (χ0n) is 17.9. The van der Waals surface area contributed by atoms with E-state index in [1.807, 2.05) is 24.3 Å². The number of nitrogens with zero attached hydrogens (tertiary/aromatic N) is 1. The number of ether oxygens (including phenoxy) is 1. The van der Waals surface area contributed by atoms with Gasteiger partial charge in [0.2, 0.25) is 5.91 Å². The maximum atomic E-state index is 12.8. The number of halogens is 2. The lowest BCUT2D eigenvalue weighted by atomic mass is 10.0. The van der Waals surface area contributed by atoms with E-state index in [2.05, 4.69) is 70.3 Å². The van der Waals surface area contributed by atoms with E-state index >= 15 is 0 Å². The van der Waals surface area contributed by atoms with Crippen molar-refractivity contribution in [3.05, 3.63) is 59.6 Å². The van der Waals surface area contributed by atoms with Crippen LogP contribution in [0.3, 0.4) is 0 Å². The van der Waals surface area contributed by atoms with Gasteiger partial charge in [0.05, 0.1) is 12.0 Å². The number of amides is 3. The van der Waals surface area contributed by atoms with Crippen molar-refractivity contribution < 1.29 is 19.1 Å². The zero-order chi connectivity index (χ0) is 24.1. The van der Waals surface area contributed by atoms with Crippen molar-refractivity contribution in [3.63, 3.8) is 0 Å². The number of thioether (sulfide) groups is 1. The second-order valence-electron chi connectivity index (χ2n) is 7.40. The summed E-state index contributed by atoms with van der Waals surface area (Å²) in [5, 5.41) is 2.26. The topological polar surface area (TPSA) is 75.7 Å². The lowest BCUT2D eigenvalue weighted by Gasteiger charge is -2.13. The van der Waals surface area contributed by atoms with Crippen LogP contribution in [0.4, 0.5) is 10.5 Å². The predicted molar refractivity (Wildman–Crippen MR) is 148 cm³/mol. The molecule has 0 bridgehead atoms. The van der Waals surface area contributed by atoms with Crippen molar-refractivity contribution >= 4 is 85.8 Å². The molecule has 1 aliphatic rings. The fourth-order valence-corrected chi connectivity index (χ4v) is 5.96. The largest absolute Gasteiger partial charge is 0.479 e. The van der Waals surface area contributed by atoms with Gasteiger partial charge in [-0.2, -0.15) is 0 Å². The van der Waals surface area contributed by atoms with Crippen LogP contribution in [0, 0.1) is 19.5 Å². The molecule has 1 heterocycles. The van der Waals surface area contributed by atoms with E-state index in [-0.39, 0.29) is 18.1 Å².